The lowest BCUT2D eigenvalue weighted by molar-refractivity contribution is 0.563. The summed E-state index contributed by atoms with van der Waals surface area (Å²) in [6.45, 7) is 5.82. The van der Waals surface area contributed by atoms with E-state index in [1.807, 2.05) is 26.8 Å². The third kappa shape index (κ3) is 1.57. The van der Waals surface area contributed by atoms with Gasteiger partial charge in [0.1, 0.15) is 0 Å². The maximum atomic E-state index is 10.8. The predicted octanol–water partition coefficient (Wildman–Crippen LogP) is 2.19. The van der Waals surface area contributed by atoms with Gasteiger partial charge in [-0.1, -0.05) is 6.07 Å². The van der Waals surface area contributed by atoms with Gasteiger partial charge in [0.05, 0.1) is 4.90 Å². The quantitative estimate of drug-likeness (QED) is 0.679. The van der Waals surface area contributed by atoms with E-state index in [-0.39, 0.29) is 0 Å². The first-order chi connectivity index (χ1) is 5.54. The van der Waals surface area contributed by atoms with Crippen LogP contribution in [0.15, 0.2) is 17.0 Å². The Kier molecular flexibility index (Phi) is 2.65. The molecule has 0 aromatic heterocycles. The molecule has 1 aromatic rings. The third-order valence-corrected chi connectivity index (χ3v) is 3.01. The molecule has 0 amide bonds. The lowest BCUT2D eigenvalue weighted by Gasteiger charge is -2.07. The highest BCUT2D eigenvalue weighted by Crippen LogP contribution is 2.18. The van der Waals surface area contributed by atoms with Crippen molar-refractivity contribution in [3.05, 3.63) is 28.8 Å². The van der Waals surface area contributed by atoms with Crippen molar-refractivity contribution in [1.82, 2.24) is 0 Å². The van der Waals surface area contributed by atoms with Gasteiger partial charge in [0, 0.05) is 0 Å². The van der Waals surface area contributed by atoms with Gasteiger partial charge in [-0.3, -0.25) is 0 Å². The molecule has 0 spiro atoms. The van der Waals surface area contributed by atoms with E-state index in [2.05, 4.69) is 0 Å². The van der Waals surface area contributed by atoms with Crippen molar-refractivity contribution in [3.63, 3.8) is 0 Å². The summed E-state index contributed by atoms with van der Waals surface area (Å²) in [6, 6.07) is 3.57. The summed E-state index contributed by atoms with van der Waals surface area (Å²) in [5, 5.41) is 0. The maximum Gasteiger partial charge on any atom is 0.186 e. The third-order valence-electron chi connectivity index (χ3n) is 2.20. The van der Waals surface area contributed by atoms with Crippen molar-refractivity contribution >= 4 is 11.1 Å². The van der Waals surface area contributed by atoms with Crippen LogP contribution in [0.2, 0.25) is 0 Å². The van der Waals surface area contributed by atoms with Crippen LogP contribution in [0.4, 0.5) is 0 Å². The first kappa shape index (κ1) is 9.42. The molecule has 0 saturated carbocycles. The van der Waals surface area contributed by atoms with Crippen LogP contribution in [-0.2, 0) is 11.1 Å². The molecule has 0 bridgehead atoms. The maximum absolute atomic E-state index is 10.8. The fourth-order valence-electron chi connectivity index (χ4n) is 1.12. The second-order valence-corrected chi connectivity index (χ2v) is 3.82. The minimum Gasteiger partial charge on any atom is -0.302 e. The molecule has 12 heavy (non-hydrogen) atoms. The molecule has 0 radical (unpaired) electrons. The summed E-state index contributed by atoms with van der Waals surface area (Å²) < 4.78 is 19.7. The number of hydrogen-bond donors (Lipinski definition) is 1. The lowest BCUT2D eigenvalue weighted by Crippen LogP contribution is -1.96. The number of aryl methyl sites for hydroxylation is 1. The molecule has 1 aromatic carbocycles. The van der Waals surface area contributed by atoms with Gasteiger partial charge in [-0.15, -0.1) is 0 Å². The molecule has 0 aliphatic heterocycles. The number of benzene rings is 1. The van der Waals surface area contributed by atoms with Crippen LogP contribution in [0, 0.1) is 20.8 Å². The molecular weight excluding hydrogens is 172 g/mol. The minimum absolute atomic E-state index is 0.512. The zero-order valence-corrected chi connectivity index (χ0v) is 8.23. The summed E-state index contributed by atoms with van der Waals surface area (Å²) in [5.74, 6) is 0. The monoisotopic (exact) mass is 184 g/mol. The Hall–Kier alpha value is -0.670. The van der Waals surface area contributed by atoms with Gasteiger partial charge in [0.15, 0.2) is 11.1 Å². The van der Waals surface area contributed by atoms with Gasteiger partial charge >= 0.3 is 0 Å². The SMILES string of the molecule is Cc1ccc(S(=O)O)c(C)c1C. The highest BCUT2D eigenvalue weighted by atomic mass is 32.2. The Bertz CT molecular complexity index is 332. The van der Waals surface area contributed by atoms with Crippen LogP contribution in [0.25, 0.3) is 0 Å². The van der Waals surface area contributed by atoms with Crippen LogP contribution in [0.1, 0.15) is 16.7 Å². The van der Waals surface area contributed by atoms with Crippen molar-refractivity contribution in [2.75, 3.05) is 0 Å². The molecule has 0 aliphatic rings. The molecule has 0 fully saturated rings. The molecule has 0 aliphatic carbocycles. The van der Waals surface area contributed by atoms with E-state index in [4.69, 9.17) is 4.55 Å². The van der Waals surface area contributed by atoms with Gasteiger partial charge in [0.25, 0.3) is 0 Å². The van der Waals surface area contributed by atoms with Gasteiger partial charge in [0.2, 0.25) is 0 Å². The summed E-state index contributed by atoms with van der Waals surface area (Å²) >= 11 is -1.86. The summed E-state index contributed by atoms with van der Waals surface area (Å²) in [7, 11) is 0. The molecular formula is C9H12O2S. The summed E-state index contributed by atoms with van der Waals surface area (Å²) in [4.78, 5) is 0.512. The van der Waals surface area contributed by atoms with Crippen LogP contribution >= 0.6 is 0 Å². The van der Waals surface area contributed by atoms with Gasteiger partial charge in [-0.05, 0) is 43.5 Å². The molecule has 66 valence electrons. The Balaban J connectivity index is 3.36. The molecule has 1 N–H and O–H groups in total. The highest BCUT2D eigenvalue weighted by molar-refractivity contribution is 7.79. The van der Waals surface area contributed by atoms with E-state index in [1.54, 1.807) is 6.07 Å². The van der Waals surface area contributed by atoms with E-state index in [0.717, 1.165) is 16.7 Å². The standard InChI is InChI=1S/C9H12O2S/c1-6-4-5-9(12(10)11)8(3)7(6)2/h4-5H,1-3H3,(H,10,11). The number of rotatable bonds is 1. The zero-order chi connectivity index (χ0) is 9.30. The topological polar surface area (TPSA) is 37.3 Å². The van der Waals surface area contributed by atoms with E-state index < -0.39 is 11.1 Å². The Morgan fingerprint density at radius 2 is 1.75 bits per heavy atom. The summed E-state index contributed by atoms with van der Waals surface area (Å²) in [6.07, 6.45) is 0. The molecule has 0 saturated heterocycles. The molecule has 1 rings (SSSR count). The average molecular weight is 184 g/mol. The van der Waals surface area contributed by atoms with Gasteiger partial charge < -0.3 is 4.55 Å². The van der Waals surface area contributed by atoms with Crippen molar-refractivity contribution in [3.8, 4) is 0 Å². The average Bonchev–Trinajstić information content (AvgIpc) is 2.00. The first-order valence-electron chi connectivity index (χ1n) is 3.71. The van der Waals surface area contributed by atoms with Crippen molar-refractivity contribution < 1.29 is 8.76 Å². The predicted molar refractivity (Wildman–Crippen MR) is 49.7 cm³/mol. The van der Waals surface area contributed by atoms with Crippen molar-refractivity contribution in [1.29, 1.82) is 0 Å². The van der Waals surface area contributed by atoms with Crippen LogP contribution in [0.3, 0.4) is 0 Å². The van der Waals surface area contributed by atoms with E-state index in [1.165, 1.54) is 0 Å². The van der Waals surface area contributed by atoms with Crippen molar-refractivity contribution in [2.45, 2.75) is 25.7 Å². The Morgan fingerprint density at radius 1 is 1.17 bits per heavy atom. The largest absolute Gasteiger partial charge is 0.302 e. The Labute approximate surface area is 74.9 Å². The van der Waals surface area contributed by atoms with Crippen LogP contribution < -0.4 is 0 Å². The molecule has 2 nitrogen and oxygen atoms in total. The van der Waals surface area contributed by atoms with E-state index in [9.17, 15) is 4.21 Å². The zero-order valence-electron chi connectivity index (χ0n) is 7.42. The van der Waals surface area contributed by atoms with Crippen LogP contribution in [-0.4, -0.2) is 8.76 Å². The fourth-order valence-corrected chi connectivity index (χ4v) is 1.72. The van der Waals surface area contributed by atoms with Crippen molar-refractivity contribution in [2.24, 2.45) is 0 Å². The second-order valence-electron chi connectivity index (χ2n) is 2.88. The van der Waals surface area contributed by atoms with Gasteiger partial charge in [-0.2, -0.15) is 0 Å². The molecule has 1 unspecified atom stereocenters. The normalized spacial score (nSPS) is 13.0. The van der Waals surface area contributed by atoms with E-state index in [0.29, 0.717) is 4.90 Å². The Morgan fingerprint density at radius 3 is 2.25 bits per heavy atom. The van der Waals surface area contributed by atoms with Gasteiger partial charge in [-0.25, -0.2) is 4.21 Å². The molecule has 1 atom stereocenters. The molecule has 3 heteroatoms. The van der Waals surface area contributed by atoms with E-state index >= 15 is 0 Å². The van der Waals surface area contributed by atoms with Crippen LogP contribution in [0.5, 0.6) is 0 Å². The fraction of sp³-hybridized carbons (Fsp3) is 0.333. The summed E-state index contributed by atoms with van der Waals surface area (Å²) in [5.41, 5.74) is 3.16. The lowest BCUT2D eigenvalue weighted by atomic mass is 10.1. The molecule has 0 heterocycles. The second kappa shape index (κ2) is 3.37. The number of hydrogen-bond acceptors (Lipinski definition) is 1. The minimum atomic E-state index is -1.86. The highest BCUT2D eigenvalue weighted by Gasteiger charge is 2.07. The first-order valence-corrected chi connectivity index (χ1v) is 4.82. The smallest absolute Gasteiger partial charge is 0.186 e.